The third-order valence-corrected chi connectivity index (χ3v) is 2.93. The highest BCUT2D eigenvalue weighted by Gasteiger charge is 2.61. The average Bonchev–Trinajstić information content (AvgIpc) is 2.63. The SMILES string of the molecule is CC#COC(=O)C1C(C=C(C)C)C1(C)C. The lowest BCUT2D eigenvalue weighted by molar-refractivity contribution is -0.139. The van der Waals surface area contributed by atoms with E-state index in [0.717, 1.165) is 0 Å². The van der Waals surface area contributed by atoms with E-state index < -0.39 is 0 Å². The summed E-state index contributed by atoms with van der Waals surface area (Å²) in [6.45, 7) is 9.91. The van der Waals surface area contributed by atoms with Crippen LogP contribution in [0.5, 0.6) is 0 Å². The molecule has 0 aliphatic heterocycles. The highest BCUT2D eigenvalue weighted by atomic mass is 16.5. The molecule has 2 heteroatoms. The summed E-state index contributed by atoms with van der Waals surface area (Å²) in [6.07, 6.45) is 4.50. The minimum atomic E-state index is -0.197. The molecule has 1 aliphatic carbocycles. The molecule has 15 heavy (non-hydrogen) atoms. The molecule has 1 rings (SSSR count). The van der Waals surface area contributed by atoms with Crippen LogP contribution in [0, 0.1) is 29.3 Å². The Morgan fingerprint density at radius 1 is 1.40 bits per heavy atom. The van der Waals surface area contributed by atoms with Crippen LogP contribution in [0.1, 0.15) is 34.6 Å². The minimum absolute atomic E-state index is 0.0176. The van der Waals surface area contributed by atoms with Crippen molar-refractivity contribution in [3.05, 3.63) is 11.6 Å². The van der Waals surface area contributed by atoms with Crippen LogP contribution in [0.15, 0.2) is 11.6 Å². The minimum Gasteiger partial charge on any atom is -0.372 e. The summed E-state index contributed by atoms with van der Waals surface area (Å²) in [5.41, 5.74) is 1.26. The van der Waals surface area contributed by atoms with E-state index in [2.05, 4.69) is 32.0 Å². The van der Waals surface area contributed by atoms with Gasteiger partial charge in [0.1, 0.15) is 6.11 Å². The molecule has 0 saturated heterocycles. The smallest absolute Gasteiger partial charge is 0.324 e. The van der Waals surface area contributed by atoms with E-state index in [9.17, 15) is 4.79 Å². The number of allylic oxidation sites excluding steroid dienone is 2. The Morgan fingerprint density at radius 3 is 2.47 bits per heavy atom. The third-order valence-electron chi connectivity index (χ3n) is 2.93. The van der Waals surface area contributed by atoms with Crippen molar-refractivity contribution < 1.29 is 9.53 Å². The van der Waals surface area contributed by atoms with Crippen LogP contribution in [0.4, 0.5) is 0 Å². The summed E-state index contributed by atoms with van der Waals surface area (Å²) >= 11 is 0. The predicted molar refractivity (Wildman–Crippen MR) is 59.7 cm³/mol. The van der Waals surface area contributed by atoms with Gasteiger partial charge in [0.15, 0.2) is 0 Å². The third kappa shape index (κ3) is 2.41. The first-order valence-electron chi connectivity index (χ1n) is 5.18. The lowest BCUT2D eigenvalue weighted by atomic mass is 10.1. The van der Waals surface area contributed by atoms with Gasteiger partial charge in [-0.2, -0.15) is 0 Å². The molecular formula is C13H18O2. The summed E-state index contributed by atoms with van der Waals surface area (Å²) < 4.78 is 4.83. The van der Waals surface area contributed by atoms with Crippen molar-refractivity contribution in [3.8, 4) is 12.0 Å². The number of esters is 1. The van der Waals surface area contributed by atoms with Crippen LogP contribution in [0.2, 0.25) is 0 Å². The Bertz CT molecular complexity index is 348. The molecule has 1 saturated carbocycles. The number of ether oxygens (including phenoxy) is 1. The Hall–Kier alpha value is -1.23. The zero-order valence-corrected chi connectivity index (χ0v) is 10.0. The summed E-state index contributed by atoms with van der Waals surface area (Å²) in [5, 5.41) is 0. The lowest BCUT2D eigenvalue weighted by Crippen LogP contribution is -2.07. The highest BCUT2D eigenvalue weighted by molar-refractivity contribution is 5.79. The van der Waals surface area contributed by atoms with Gasteiger partial charge in [0.05, 0.1) is 5.92 Å². The first-order valence-corrected chi connectivity index (χ1v) is 5.18. The molecule has 82 valence electrons. The molecule has 2 atom stereocenters. The Morgan fingerprint density at radius 2 is 2.00 bits per heavy atom. The number of carbonyl (C=O) groups is 1. The van der Waals surface area contributed by atoms with Crippen molar-refractivity contribution in [1.82, 2.24) is 0 Å². The topological polar surface area (TPSA) is 26.3 Å². The Labute approximate surface area is 91.7 Å². The number of rotatable bonds is 2. The Balaban J connectivity index is 2.68. The first kappa shape index (κ1) is 11.8. The molecule has 0 radical (unpaired) electrons. The van der Waals surface area contributed by atoms with Crippen molar-refractivity contribution in [2.75, 3.05) is 0 Å². The van der Waals surface area contributed by atoms with E-state index in [1.54, 1.807) is 6.92 Å². The maximum absolute atomic E-state index is 11.6. The van der Waals surface area contributed by atoms with Gasteiger partial charge in [-0.05, 0) is 25.2 Å². The number of hydrogen-bond acceptors (Lipinski definition) is 2. The Kier molecular flexibility index (Phi) is 3.24. The van der Waals surface area contributed by atoms with Crippen molar-refractivity contribution in [2.45, 2.75) is 34.6 Å². The number of carbonyl (C=O) groups excluding carboxylic acids is 1. The molecule has 0 amide bonds. The van der Waals surface area contributed by atoms with Gasteiger partial charge in [0.2, 0.25) is 0 Å². The fourth-order valence-electron chi connectivity index (χ4n) is 1.96. The molecule has 2 nitrogen and oxygen atoms in total. The van der Waals surface area contributed by atoms with Gasteiger partial charge in [0.25, 0.3) is 0 Å². The fraction of sp³-hybridized carbons (Fsp3) is 0.615. The highest BCUT2D eigenvalue weighted by Crippen LogP contribution is 2.59. The second kappa shape index (κ2) is 4.10. The molecule has 0 spiro atoms. The van der Waals surface area contributed by atoms with Gasteiger partial charge >= 0.3 is 5.97 Å². The van der Waals surface area contributed by atoms with Gasteiger partial charge in [-0.3, -0.25) is 4.79 Å². The summed E-state index contributed by atoms with van der Waals surface area (Å²) in [7, 11) is 0. The van der Waals surface area contributed by atoms with Crippen LogP contribution in [0.3, 0.4) is 0 Å². The quantitative estimate of drug-likeness (QED) is 0.394. The molecule has 1 fully saturated rings. The molecule has 0 heterocycles. The van der Waals surface area contributed by atoms with E-state index >= 15 is 0 Å². The summed E-state index contributed by atoms with van der Waals surface area (Å²) in [4.78, 5) is 11.6. The van der Waals surface area contributed by atoms with Gasteiger partial charge < -0.3 is 4.74 Å². The van der Waals surface area contributed by atoms with E-state index in [1.807, 2.05) is 13.8 Å². The van der Waals surface area contributed by atoms with Crippen molar-refractivity contribution >= 4 is 5.97 Å². The van der Waals surface area contributed by atoms with Crippen molar-refractivity contribution in [1.29, 1.82) is 0 Å². The largest absolute Gasteiger partial charge is 0.372 e. The van der Waals surface area contributed by atoms with E-state index in [0.29, 0.717) is 5.92 Å². The second-order valence-electron chi connectivity index (χ2n) is 4.84. The monoisotopic (exact) mass is 206 g/mol. The summed E-state index contributed by atoms with van der Waals surface area (Å²) in [5.74, 6) is 2.62. The van der Waals surface area contributed by atoms with Gasteiger partial charge in [-0.1, -0.05) is 31.4 Å². The maximum Gasteiger partial charge on any atom is 0.324 e. The van der Waals surface area contributed by atoms with E-state index in [1.165, 1.54) is 5.57 Å². The molecule has 1 aliphatic rings. The fourth-order valence-corrected chi connectivity index (χ4v) is 1.96. The van der Waals surface area contributed by atoms with Crippen LogP contribution in [-0.2, 0) is 9.53 Å². The maximum atomic E-state index is 11.6. The molecule has 0 N–H and O–H groups in total. The molecular weight excluding hydrogens is 188 g/mol. The average molecular weight is 206 g/mol. The first-order chi connectivity index (χ1) is 6.91. The van der Waals surface area contributed by atoms with E-state index in [-0.39, 0.29) is 17.3 Å². The summed E-state index contributed by atoms with van der Waals surface area (Å²) in [6, 6.07) is 0. The van der Waals surface area contributed by atoms with Gasteiger partial charge in [0, 0.05) is 6.92 Å². The van der Waals surface area contributed by atoms with Crippen LogP contribution in [-0.4, -0.2) is 5.97 Å². The van der Waals surface area contributed by atoms with Gasteiger partial charge in [-0.25, -0.2) is 0 Å². The van der Waals surface area contributed by atoms with Gasteiger partial charge in [-0.15, -0.1) is 0 Å². The molecule has 2 unspecified atom stereocenters. The predicted octanol–water partition coefficient (Wildman–Crippen LogP) is 2.75. The number of hydrogen-bond donors (Lipinski definition) is 0. The zero-order chi connectivity index (χ0) is 11.6. The normalized spacial score (nSPS) is 25.9. The molecule has 0 bridgehead atoms. The van der Waals surface area contributed by atoms with Crippen LogP contribution in [0.25, 0.3) is 0 Å². The van der Waals surface area contributed by atoms with E-state index in [4.69, 9.17) is 4.74 Å². The van der Waals surface area contributed by atoms with Crippen LogP contribution < -0.4 is 0 Å². The van der Waals surface area contributed by atoms with Crippen molar-refractivity contribution in [2.24, 2.45) is 17.3 Å². The molecule has 0 aromatic rings. The standard InChI is InChI=1S/C13H18O2/c1-6-7-15-12(14)11-10(8-9(2)3)13(11,4)5/h8,10-11H,1-5H3. The molecule has 0 aromatic carbocycles. The van der Waals surface area contributed by atoms with Crippen molar-refractivity contribution in [3.63, 3.8) is 0 Å². The van der Waals surface area contributed by atoms with Crippen LogP contribution >= 0.6 is 0 Å². The molecule has 0 aromatic heterocycles. The lowest BCUT2D eigenvalue weighted by Gasteiger charge is -1.98. The zero-order valence-electron chi connectivity index (χ0n) is 10.0. The second-order valence-corrected chi connectivity index (χ2v) is 4.84.